The maximum absolute atomic E-state index is 12.7. The van der Waals surface area contributed by atoms with Crippen LogP contribution in [0.25, 0.3) is 0 Å². The normalized spacial score (nSPS) is 13.7. The zero-order valence-electron chi connectivity index (χ0n) is 12.2. The fraction of sp³-hybridized carbons (Fsp3) is 0.188. The van der Waals surface area contributed by atoms with Crippen molar-refractivity contribution in [1.82, 2.24) is 0 Å². The molecule has 0 saturated carbocycles. The molecule has 0 bridgehead atoms. The van der Waals surface area contributed by atoms with E-state index in [1.807, 2.05) is 26.0 Å². The first-order valence-electron chi connectivity index (χ1n) is 6.47. The molecule has 2 rings (SSSR count). The number of rotatable bonds is 4. The molecule has 0 aliphatic rings. The van der Waals surface area contributed by atoms with Crippen LogP contribution in [0.3, 0.4) is 0 Å². The van der Waals surface area contributed by atoms with E-state index in [0.717, 1.165) is 18.2 Å². The van der Waals surface area contributed by atoms with Gasteiger partial charge in [0, 0.05) is 18.2 Å². The third-order valence-electron chi connectivity index (χ3n) is 3.33. The molecule has 2 aromatic rings. The minimum Gasteiger partial charge on any atom is -0.321 e. The van der Waals surface area contributed by atoms with Gasteiger partial charge in [-0.15, -0.1) is 0 Å². The summed E-state index contributed by atoms with van der Waals surface area (Å²) in [5.41, 5.74) is 2.60. The van der Waals surface area contributed by atoms with Gasteiger partial charge in [-0.1, -0.05) is 42.0 Å². The molecule has 0 aliphatic carbocycles. The van der Waals surface area contributed by atoms with Crippen molar-refractivity contribution in [3.8, 4) is 0 Å². The second-order valence-corrected chi connectivity index (χ2v) is 6.76. The summed E-state index contributed by atoms with van der Waals surface area (Å²) in [6.07, 6.45) is 0. The van der Waals surface area contributed by atoms with Crippen LogP contribution < -0.4 is 5.30 Å². The number of hydrogen-bond donors (Lipinski definition) is 1. The van der Waals surface area contributed by atoms with Crippen molar-refractivity contribution in [1.29, 1.82) is 0 Å². The third-order valence-corrected chi connectivity index (χ3v) is 4.82. The quantitative estimate of drug-likeness (QED) is 0.696. The van der Waals surface area contributed by atoms with Gasteiger partial charge in [0.05, 0.1) is 5.30 Å². The van der Waals surface area contributed by atoms with Gasteiger partial charge in [-0.3, -0.25) is 9.36 Å². The highest BCUT2D eigenvalue weighted by atomic mass is 31.2. The van der Waals surface area contributed by atoms with Gasteiger partial charge in [0.2, 0.25) is 0 Å². The van der Waals surface area contributed by atoms with Crippen LogP contribution in [-0.4, -0.2) is 17.8 Å². The predicted molar refractivity (Wildman–Crippen MR) is 82.3 cm³/mol. The van der Waals surface area contributed by atoms with Crippen molar-refractivity contribution in [3.63, 3.8) is 0 Å². The zero-order chi connectivity index (χ0) is 15.6. The molecule has 4 nitrogen and oxygen atoms in total. The largest absolute Gasteiger partial charge is 0.359 e. The Bertz CT molecular complexity index is 737. The second kappa shape index (κ2) is 5.94. The first kappa shape index (κ1) is 15.6. The highest BCUT2D eigenvalue weighted by Gasteiger charge is 2.27. The van der Waals surface area contributed by atoms with Crippen LogP contribution in [0, 0.1) is 13.8 Å². The van der Waals surface area contributed by atoms with Crippen LogP contribution in [0.5, 0.6) is 0 Å². The van der Waals surface area contributed by atoms with Crippen molar-refractivity contribution in [2.75, 3.05) is 7.11 Å². The van der Waals surface area contributed by atoms with E-state index in [4.69, 9.17) is 0 Å². The first-order chi connectivity index (χ1) is 9.86. The van der Waals surface area contributed by atoms with Gasteiger partial charge in [0.15, 0.2) is 5.78 Å². The smallest absolute Gasteiger partial charge is 0.321 e. The summed E-state index contributed by atoms with van der Waals surface area (Å²) in [4.78, 5) is 22.5. The maximum Gasteiger partial charge on any atom is 0.359 e. The Balaban J connectivity index is 2.57. The molecule has 0 saturated heterocycles. The summed E-state index contributed by atoms with van der Waals surface area (Å²) in [5.74, 6) is -0.283. The highest BCUT2D eigenvalue weighted by molar-refractivity contribution is 7.61. The first-order valence-corrected chi connectivity index (χ1v) is 8.04. The lowest BCUT2D eigenvalue weighted by molar-refractivity contribution is 0.103. The van der Waals surface area contributed by atoms with E-state index in [0.29, 0.717) is 5.56 Å². The van der Waals surface area contributed by atoms with Crippen molar-refractivity contribution < 1.29 is 18.8 Å². The van der Waals surface area contributed by atoms with Gasteiger partial charge in [-0.05, 0) is 25.5 Å². The van der Waals surface area contributed by atoms with E-state index in [1.165, 1.54) is 6.07 Å². The average molecular weight is 304 g/mol. The Labute approximate surface area is 123 Å². The lowest BCUT2D eigenvalue weighted by atomic mass is 9.97. The van der Waals surface area contributed by atoms with Crippen molar-refractivity contribution in [3.05, 3.63) is 64.7 Å². The number of carbonyl (C=O) groups excluding carboxylic acids is 1. The van der Waals surface area contributed by atoms with Crippen LogP contribution in [0.1, 0.15) is 27.0 Å². The molecule has 0 aromatic heterocycles. The summed E-state index contributed by atoms with van der Waals surface area (Å²) in [6, 6.07) is 11.7. The molecule has 0 fully saturated rings. The molecule has 0 spiro atoms. The van der Waals surface area contributed by atoms with E-state index in [-0.39, 0.29) is 16.7 Å². The minimum absolute atomic E-state index is 0.0254. The molecule has 0 aliphatic heterocycles. The average Bonchev–Trinajstić information content (AvgIpc) is 2.46. The van der Waals surface area contributed by atoms with Gasteiger partial charge in [0.1, 0.15) is 0 Å². The summed E-state index contributed by atoms with van der Waals surface area (Å²) in [7, 11) is -2.83. The lowest BCUT2D eigenvalue weighted by Gasteiger charge is -2.14. The summed E-state index contributed by atoms with van der Waals surface area (Å²) >= 11 is 0. The number of hydrogen-bond acceptors (Lipinski definition) is 3. The van der Waals surface area contributed by atoms with Gasteiger partial charge in [-0.2, -0.15) is 0 Å². The number of aryl methyl sites for hydroxylation is 2. The zero-order valence-corrected chi connectivity index (χ0v) is 13.1. The second-order valence-electron chi connectivity index (χ2n) is 4.87. The van der Waals surface area contributed by atoms with Crippen LogP contribution in [-0.2, 0) is 9.09 Å². The molecule has 0 radical (unpaired) electrons. The summed E-state index contributed by atoms with van der Waals surface area (Å²) in [6.45, 7) is 3.79. The molecule has 1 atom stereocenters. The van der Waals surface area contributed by atoms with E-state index in [1.54, 1.807) is 24.3 Å². The van der Waals surface area contributed by atoms with E-state index < -0.39 is 7.60 Å². The Morgan fingerprint density at radius 3 is 2.38 bits per heavy atom. The number of carbonyl (C=O) groups is 1. The molecular weight excluding hydrogens is 287 g/mol. The lowest BCUT2D eigenvalue weighted by Crippen LogP contribution is -2.18. The van der Waals surface area contributed by atoms with Crippen LogP contribution in [0.4, 0.5) is 0 Å². The summed E-state index contributed by atoms with van der Waals surface area (Å²) < 4.78 is 16.7. The van der Waals surface area contributed by atoms with Crippen LogP contribution in [0.2, 0.25) is 0 Å². The Kier molecular flexibility index (Phi) is 4.43. The minimum atomic E-state index is -3.98. The van der Waals surface area contributed by atoms with E-state index in [9.17, 15) is 14.3 Å². The van der Waals surface area contributed by atoms with Crippen molar-refractivity contribution in [2.45, 2.75) is 13.8 Å². The molecule has 5 heteroatoms. The van der Waals surface area contributed by atoms with Gasteiger partial charge >= 0.3 is 7.60 Å². The molecule has 110 valence electrons. The van der Waals surface area contributed by atoms with Crippen molar-refractivity contribution in [2.24, 2.45) is 0 Å². The summed E-state index contributed by atoms with van der Waals surface area (Å²) in [5, 5.41) is 0.0254. The van der Waals surface area contributed by atoms with Crippen LogP contribution >= 0.6 is 7.60 Å². The fourth-order valence-corrected chi connectivity index (χ4v) is 3.18. The Hall–Kier alpha value is -1.74. The van der Waals surface area contributed by atoms with Crippen molar-refractivity contribution >= 4 is 18.7 Å². The maximum atomic E-state index is 12.7. The highest BCUT2D eigenvalue weighted by Crippen LogP contribution is 2.40. The molecular formula is C16H17O4P. The fourth-order valence-electron chi connectivity index (χ4n) is 2.22. The third kappa shape index (κ3) is 3.13. The molecule has 21 heavy (non-hydrogen) atoms. The molecule has 0 heterocycles. The Morgan fingerprint density at radius 1 is 1.10 bits per heavy atom. The Morgan fingerprint density at radius 2 is 1.76 bits per heavy atom. The SMILES string of the molecule is COP(=O)(O)c1ccccc1C(=O)c1ccc(C)cc1C. The molecule has 1 N–H and O–H groups in total. The molecule has 0 amide bonds. The number of ketones is 1. The number of benzene rings is 2. The molecule has 2 aromatic carbocycles. The monoisotopic (exact) mass is 304 g/mol. The molecule has 1 unspecified atom stereocenters. The van der Waals surface area contributed by atoms with Gasteiger partial charge < -0.3 is 9.42 Å². The van der Waals surface area contributed by atoms with Gasteiger partial charge in [0.25, 0.3) is 0 Å². The van der Waals surface area contributed by atoms with Gasteiger partial charge in [-0.25, -0.2) is 0 Å². The predicted octanol–water partition coefficient (Wildman–Crippen LogP) is 2.99. The van der Waals surface area contributed by atoms with E-state index in [2.05, 4.69) is 4.52 Å². The van der Waals surface area contributed by atoms with Crippen LogP contribution in [0.15, 0.2) is 42.5 Å². The standard InChI is InChI=1S/C16H17O4P/c1-11-8-9-13(12(2)10-11)16(17)14-6-4-5-7-15(14)21(18,19)20-3/h4-10H,1-3H3,(H,18,19). The van der Waals surface area contributed by atoms with E-state index >= 15 is 0 Å². The topological polar surface area (TPSA) is 63.6 Å².